The highest BCUT2D eigenvalue weighted by Crippen LogP contribution is 2.62. The number of halogens is 1. The summed E-state index contributed by atoms with van der Waals surface area (Å²) < 4.78 is 13.5. The van der Waals surface area contributed by atoms with Gasteiger partial charge < -0.3 is 9.47 Å². The van der Waals surface area contributed by atoms with Gasteiger partial charge in [-0.3, -0.25) is 4.79 Å². The molecule has 0 N–H and O–H groups in total. The van der Waals surface area contributed by atoms with Crippen LogP contribution >= 0.6 is 15.9 Å². The quantitative estimate of drug-likeness (QED) is 0.774. The molecule has 21 heavy (non-hydrogen) atoms. The normalized spacial score (nSPS) is 30.4. The Labute approximate surface area is 129 Å². The van der Waals surface area contributed by atoms with Crippen LogP contribution in [0.25, 0.3) is 5.65 Å². The first kappa shape index (κ1) is 13.2. The summed E-state index contributed by atoms with van der Waals surface area (Å²) in [7, 11) is 1.42. The molecule has 2 aromatic heterocycles. The second-order valence-corrected chi connectivity index (χ2v) is 6.87. The molecule has 0 spiro atoms. The summed E-state index contributed by atoms with van der Waals surface area (Å²) in [6, 6.07) is 2.00. The Kier molecular flexibility index (Phi) is 2.54. The van der Waals surface area contributed by atoms with Gasteiger partial charge in [0.1, 0.15) is 5.60 Å². The van der Waals surface area contributed by atoms with E-state index in [1.807, 2.05) is 19.2 Å². The smallest absolute Gasteiger partial charge is 0.314 e. The van der Waals surface area contributed by atoms with Crippen LogP contribution in [0.4, 0.5) is 0 Å². The second kappa shape index (κ2) is 4.04. The number of hydrogen-bond acceptors (Lipinski definition) is 5. The molecule has 2 bridgehead atoms. The lowest BCUT2D eigenvalue weighted by atomic mass is 9.62. The Hall–Kier alpha value is -1.47. The van der Waals surface area contributed by atoms with Gasteiger partial charge in [-0.05, 0) is 34.5 Å². The zero-order chi connectivity index (χ0) is 14.8. The molecule has 6 nitrogen and oxygen atoms in total. The molecule has 0 amide bonds. The number of fused-ring (bicyclic) bond motifs is 2. The highest BCUT2D eigenvalue weighted by atomic mass is 79.9. The van der Waals surface area contributed by atoms with Gasteiger partial charge in [-0.15, -0.1) is 5.10 Å². The van der Waals surface area contributed by atoms with Crippen LogP contribution in [0, 0.1) is 12.3 Å². The zero-order valence-corrected chi connectivity index (χ0v) is 13.3. The first-order valence-corrected chi connectivity index (χ1v) is 7.53. The predicted molar refractivity (Wildman–Crippen MR) is 76.7 cm³/mol. The summed E-state index contributed by atoms with van der Waals surface area (Å²) in [5, 5.41) is 4.54. The maximum Gasteiger partial charge on any atom is 0.314 e. The van der Waals surface area contributed by atoms with Crippen molar-refractivity contribution in [2.24, 2.45) is 5.41 Å². The van der Waals surface area contributed by atoms with Gasteiger partial charge in [0, 0.05) is 23.5 Å². The maximum absolute atomic E-state index is 11.9. The lowest BCUT2D eigenvalue weighted by Crippen LogP contribution is -2.47. The number of methoxy groups -OCH3 is 1. The molecule has 3 aliphatic rings. The Morgan fingerprint density at radius 3 is 3.00 bits per heavy atom. The molecule has 0 aromatic carbocycles. The maximum atomic E-state index is 11.9. The number of rotatable bonds is 2. The molecule has 7 heteroatoms. The summed E-state index contributed by atoms with van der Waals surface area (Å²) >= 11 is 3.46. The number of aromatic nitrogens is 3. The van der Waals surface area contributed by atoms with Crippen molar-refractivity contribution >= 4 is 27.5 Å². The van der Waals surface area contributed by atoms with E-state index in [0.29, 0.717) is 25.3 Å². The van der Waals surface area contributed by atoms with Gasteiger partial charge >= 0.3 is 5.97 Å². The van der Waals surface area contributed by atoms with Crippen LogP contribution in [0.3, 0.4) is 0 Å². The number of carbonyl (C=O) groups excluding carboxylic acids is 1. The van der Waals surface area contributed by atoms with Gasteiger partial charge in [0.25, 0.3) is 0 Å². The molecule has 2 aliphatic heterocycles. The first-order valence-electron chi connectivity index (χ1n) is 6.73. The number of aryl methyl sites for hydroxylation is 1. The fourth-order valence-electron chi connectivity index (χ4n) is 3.46. The second-order valence-electron chi connectivity index (χ2n) is 5.95. The molecular formula is C14H14BrN3O3. The van der Waals surface area contributed by atoms with E-state index in [1.165, 1.54) is 7.11 Å². The molecule has 110 valence electrons. The Bertz CT molecular complexity index is 764. The van der Waals surface area contributed by atoms with E-state index < -0.39 is 11.0 Å². The summed E-state index contributed by atoms with van der Waals surface area (Å²) in [5.41, 5.74) is 0.825. The number of nitrogens with zero attached hydrogens (tertiary/aromatic N) is 3. The first-order chi connectivity index (χ1) is 9.98. The third kappa shape index (κ3) is 1.64. The molecule has 2 saturated heterocycles. The molecular weight excluding hydrogens is 338 g/mol. The van der Waals surface area contributed by atoms with Gasteiger partial charge in [-0.2, -0.15) is 0 Å². The predicted octanol–water partition coefficient (Wildman–Crippen LogP) is 1.98. The van der Waals surface area contributed by atoms with Crippen LogP contribution < -0.4 is 0 Å². The average molecular weight is 352 g/mol. The highest BCUT2D eigenvalue weighted by Gasteiger charge is 2.69. The standard InChI is InChI=1S/C14H14BrN3O3/c1-8-3-9(15)4-18-10(8)16-11(17-18)14-5-13(6-14,7-21-14)12(19)20-2/h3-4H,5-7H2,1-2H3. The van der Waals surface area contributed by atoms with Crippen molar-refractivity contribution in [1.29, 1.82) is 0 Å². The van der Waals surface area contributed by atoms with E-state index in [2.05, 4.69) is 26.0 Å². The molecule has 0 unspecified atom stereocenters. The molecule has 3 fully saturated rings. The van der Waals surface area contributed by atoms with Gasteiger partial charge in [0.15, 0.2) is 11.5 Å². The molecule has 0 radical (unpaired) electrons. The van der Waals surface area contributed by atoms with Gasteiger partial charge in [0.2, 0.25) is 0 Å². The van der Waals surface area contributed by atoms with Crippen molar-refractivity contribution < 1.29 is 14.3 Å². The lowest BCUT2D eigenvalue weighted by Gasteiger charge is -2.40. The van der Waals surface area contributed by atoms with Gasteiger partial charge in [0.05, 0.1) is 19.1 Å². The minimum absolute atomic E-state index is 0.196. The van der Waals surface area contributed by atoms with E-state index in [1.54, 1.807) is 4.52 Å². The average Bonchev–Trinajstić information content (AvgIpc) is 3.06. The Balaban J connectivity index is 1.73. The molecule has 4 heterocycles. The van der Waals surface area contributed by atoms with E-state index >= 15 is 0 Å². The number of ether oxygens (including phenoxy) is 2. The lowest BCUT2D eigenvalue weighted by molar-refractivity contribution is -0.158. The van der Waals surface area contributed by atoms with Crippen LogP contribution in [0.1, 0.15) is 24.2 Å². The number of pyridine rings is 1. The van der Waals surface area contributed by atoms with Crippen LogP contribution in [-0.2, 0) is 19.9 Å². The van der Waals surface area contributed by atoms with Crippen molar-refractivity contribution in [2.75, 3.05) is 13.7 Å². The summed E-state index contributed by atoms with van der Waals surface area (Å²) in [5.74, 6) is 0.457. The molecule has 1 aliphatic carbocycles. The largest absolute Gasteiger partial charge is 0.469 e. The van der Waals surface area contributed by atoms with Crippen molar-refractivity contribution in [2.45, 2.75) is 25.4 Å². The van der Waals surface area contributed by atoms with Crippen LogP contribution in [-0.4, -0.2) is 34.3 Å². The van der Waals surface area contributed by atoms with Crippen LogP contribution in [0.2, 0.25) is 0 Å². The van der Waals surface area contributed by atoms with Crippen LogP contribution in [0.15, 0.2) is 16.7 Å². The highest BCUT2D eigenvalue weighted by molar-refractivity contribution is 9.10. The number of hydrogen-bond donors (Lipinski definition) is 0. The zero-order valence-electron chi connectivity index (χ0n) is 11.7. The minimum atomic E-state index is -0.529. The molecule has 2 aromatic rings. The minimum Gasteiger partial charge on any atom is -0.469 e. The van der Waals surface area contributed by atoms with Gasteiger partial charge in [-0.25, -0.2) is 9.50 Å². The van der Waals surface area contributed by atoms with Crippen LogP contribution in [0.5, 0.6) is 0 Å². The third-order valence-corrected chi connectivity index (χ3v) is 4.92. The molecule has 5 rings (SSSR count). The Morgan fingerprint density at radius 2 is 2.29 bits per heavy atom. The van der Waals surface area contributed by atoms with E-state index in [-0.39, 0.29) is 5.97 Å². The van der Waals surface area contributed by atoms with Crippen molar-refractivity contribution in [3.05, 3.63) is 28.1 Å². The fourth-order valence-corrected chi connectivity index (χ4v) is 4.00. The van der Waals surface area contributed by atoms with E-state index in [9.17, 15) is 4.79 Å². The number of esters is 1. The SMILES string of the molecule is COC(=O)C12COC(c3nc4c(C)cc(Br)cn4n3)(C1)C2. The fraction of sp³-hybridized carbons (Fsp3) is 0.500. The summed E-state index contributed by atoms with van der Waals surface area (Å²) in [4.78, 5) is 16.5. The summed E-state index contributed by atoms with van der Waals surface area (Å²) in [6.07, 6.45) is 3.07. The summed E-state index contributed by atoms with van der Waals surface area (Å²) in [6.45, 7) is 2.38. The van der Waals surface area contributed by atoms with Crippen molar-refractivity contribution in [3.63, 3.8) is 0 Å². The third-order valence-electron chi connectivity index (χ3n) is 4.48. The molecule has 0 atom stereocenters. The number of carbonyl (C=O) groups is 1. The molecule has 1 saturated carbocycles. The topological polar surface area (TPSA) is 65.7 Å². The van der Waals surface area contributed by atoms with E-state index in [0.717, 1.165) is 15.7 Å². The van der Waals surface area contributed by atoms with Gasteiger partial charge in [-0.1, -0.05) is 0 Å². The van der Waals surface area contributed by atoms with Crippen molar-refractivity contribution in [1.82, 2.24) is 14.6 Å². The monoisotopic (exact) mass is 351 g/mol. The van der Waals surface area contributed by atoms with Crippen molar-refractivity contribution in [3.8, 4) is 0 Å². The Morgan fingerprint density at radius 1 is 1.52 bits per heavy atom. The van der Waals surface area contributed by atoms with E-state index in [4.69, 9.17) is 9.47 Å².